The molecule has 0 N–H and O–H groups in total. The van der Waals surface area contributed by atoms with Gasteiger partial charge in [0.2, 0.25) is 0 Å². The van der Waals surface area contributed by atoms with Crippen LogP contribution in [-0.2, 0) is 4.74 Å². The van der Waals surface area contributed by atoms with E-state index in [1.165, 1.54) is 0 Å². The lowest BCUT2D eigenvalue weighted by atomic mass is 10.1. The van der Waals surface area contributed by atoms with Crippen molar-refractivity contribution < 1.29 is 9.53 Å². The SMILES string of the molecule is CN(C)c1ccc([C@H]2CCCN2C(=O)OC(C)(C)C)cn1. The number of hydrogen-bond donors (Lipinski definition) is 0. The van der Waals surface area contributed by atoms with Crippen molar-refractivity contribution in [2.24, 2.45) is 0 Å². The first-order chi connectivity index (χ1) is 9.78. The lowest BCUT2D eigenvalue weighted by molar-refractivity contribution is 0.0224. The summed E-state index contributed by atoms with van der Waals surface area (Å²) in [6.45, 7) is 6.42. The normalized spacial score (nSPS) is 18.7. The Morgan fingerprint density at radius 1 is 1.38 bits per heavy atom. The smallest absolute Gasteiger partial charge is 0.410 e. The quantitative estimate of drug-likeness (QED) is 0.839. The molecule has 0 unspecified atom stereocenters. The van der Waals surface area contributed by atoms with Crippen LogP contribution in [-0.4, -0.2) is 42.2 Å². The van der Waals surface area contributed by atoms with E-state index in [1.807, 2.05) is 56.9 Å². The van der Waals surface area contributed by atoms with Gasteiger partial charge in [-0.3, -0.25) is 0 Å². The van der Waals surface area contributed by atoms with Gasteiger partial charge in [-0.05, 0) is 45.2 Å². The van der Waals surface area contributed by atoms with Gasteiger partial charge >= 0.3 is 6.09 Å². The number of aromatic nitrogens is 1. The maximum Gasteiger partial charge on any atom is 0.410 e. The molecule has 116 valence electrons. The zero-order chi connectivity index (χ0) is 15.6. The summed E-state index contributed by atoms with van der Waals surface area (Å²) in [6.07, 6.45) is 3.59. The summed E-state index contributed by atoms with van der Waals surface area (Å²) in [6, 6.07) is 4.11. The number of hydrogen-bond acceptors (Lipinski definition) is 4. The van der Waals surface area contributed by atoms with Crippen molar-refractivity contribution in [3.8, 4) is 0 Å². The van der Waals surface area contributed by atoms with Gasteiger partial charge in [0, 0.05) is 26.8 Å². The van der Waals surface area contributed by atoms with E-state index < -0.39 is 5.60 Å². The monoisotopic (exact) mass is 291 g/mol. The average molecular weight is 291 g/mol. The summed E-state index contributed by atoms with van der Waals surface area (Å²) < 4.78 is 5.49. The highest BCUT2D eigenvalue weighted by atomic mass is 16.6. The molecule has 1 fully saturated rings. The Labute approximate surface area is 126 Å². The molecular weight excluding hydrogens is 266 g/mol. The first kappa shape index (κ1) is 15.6. The highest BCUT2D eigenvalue weighted by molar-refractivity contribution is 5.69. The maximum atomic E-state index is 12.3. The molecule has 1 atom stereocenters. The summed E-state index contributed by atoms with van der Waals surface area (Å²) in [7, 11) is 3.93. The Morgan fingerprint density at radius 2 is 2.10 bits per heavy atom. The highest BCUT2D eigenvalue weighted by Gasteiger charge is 2.33. The van der Waals surface area contributed by atoms with E-state index in [0.717, 1.165) is 30.8 Å². The largest absolute Gasteiger partial charge is 0.444 e. The molecule has 21 heavy (non-hydrogen) atoms. The third-order valence-electron chi connectivity index (χ3n) is 3.49. The van der Waals surface area contributed by atoms with Gasteiger partial charge in [0.05, 0.1) is 6.04 Å². The van der Waals surface area contributed by atoms with Crippen LogP contribution in [0.15, 0.2) is 18.3 Å². The van der Waals surface area contributed by atoms with Crippen LogP contribution in [0.25, 0.3) is 0 Å². The van der Waals surface area contributed by atoms with Crippen molar-refractivity contribution >= 4 is 11.9 Å². The minimum absolute atomic E-state index is 0.0727. The Kier molecular flexibility index (Phi) is 4.40. The highest BCUT2D eigenvalue weighted by Crippen LogP contribution is 2.33. The number of carbonyl (C=O) groups is 1. The van der Waals surface area contributed by atoms with Crippen LogP contribution in [0.1, 0.15) is 45.2 Å². The number of nitrogens with zero attached hydrogens (tertiary/aromatic N) is 3. The van der Waals surface area contributed by atoms with Gasteiger partial charge in [-0.1, -0.05) is 6.07 Å². The molecule has 0 radical (unpaired) electrons. The fourth-order valence-electron chi connectivity index (χ4n) is 2.51. The summed E-state index contributed by atoms with van der Waals surface area (Å²) in [5, 5.41) is 0. The molecule has 0 aliphatic carbocycles. The second kappa shape index (κ2) is 5.92. The number of pyridine rings is 1. The van der Waals surface area contributed by atoms with Gasteiger partial charge in [0.1, 0.15) is 11.4 Å². The Morgan fingerprint density at radius 3 is 2.62 bits per heavy atom. The zero-order valence-corrected chi connectivity index (χ0v) is 13.6. The number of amides is 1. The van der Waals surface area contributed by atoms with Crippen LogP contribution >= 0.6 is 0 Å². The van der Waals surface area contributed by atoms with Crippen LogP contribution in [0.4, 0.5) is 10.6 Å². The second-order valence-electron chi connectivity index (χ2n) is 6.68. The molecule has 1 saturated heterocycles. The van der Waals surface area contributed by atoms with E-state index in [0.29, 0.717) is 0 Å². The van der Waals surface area contributed by atoms with Gasteiger partial charge in [-0.15, -0.1) is 0 Å². The molecule has 1 aromatic heterocycles. The Balaban J connectivity index is 2.13. The van der Waals surface area contributed by atoms with E-state index in [4.69, 9.17) is 4.74 Å². The van der Waals surface area contributed by atoms with Crippen LogP contribution in [0.2, 0.25) is 0 Å². The molecule has 0 spiro atoms. The zero-order valence-electron chi connectivity index (χ0n) is 13.6. The molecule has 5 heteroatoms. The fraction of sp³-hybridized carbons (Fsp3) is 0.625. The van der Waals surface area contributed by atoms with Crippen LogP contribution < -0.4 is 4.90 Å². The van der Waals surface area contributed by atoms with Gasteiger partial charge < -0.3 is 14.5 Å². The standard InChI is InChI=1S/C16H25N3O2/c1-16(2,3)21-15(20)19-10-6-7-13(19)12-8-9-14(17-11-12)18(4)5/h8-9,11,13H,6-7,10H2,1-5H3/t13-/m1/s1. The van der Waals surface area contributed by atoms with E-state index in [-0.39, 0.29) is 12.1 Å². The summed E-state index contributed by atoms with van der Waals surface area (Å²) in [4.78, 5) is 20.5. The van der Waals surface area contributed by atoms with Gasteiger partial charge in [0.25, 0.3) is 0 Å². The summed E-state index contributed by atoms with van der Waals surface area (Å²) >= 11 is 0. The Bertz CT molecular complexity index is 491. The Hall–Kier alpha value is -1.78. The van der Waals surface area contributed by atoms with E-state index in [1.54, 1.807) is 0 Å². The molecule has 1 aliphatic rings. The molecule has 1 aliphatic heterocycles. The number of ether oxygens (including phenoxy) is 1. The van der Waals surface area contributed by atoms with Gasteiger partial charge in [-0.25, -0.2) is 9.78 Å². The number of likely N-dealkylation sites (tertiary alicyclic amines) is 1. The third kappa shape index (κ3) is 3.86. The number of rotatable bonds is 2. The average Bonchev–Trinajstić information content (AvgIpc) is 2.86. The molecular formula is C16H25N3O2. The van der Waals surface area contributed by atoms with Gasteiger partial charge in [-0.2, -0.15) is 0 Å². The predicted octanol–water partition coefficient (Wildman–Crippen LogP) is 3.22. The molecule has 2 rings (SSSR count). The van der Waals surface area contributed by atoms with Crippen molar-refractivity contribution in [1.29, 1.82) is 0 Å². The van der Waals surface area contributed by atoms with Crippen molar-refractivity contribution in [2.45, 2.75) is 45.3 Å². The van der Waals surface area contributed by atoms with Gasteiger partial charge in [0.15, 0.2) is 0 Å². The number of anilines is 1. The molecule has 2 heterocycles. The second-order valence-corrected chi connectivity index (χ2v) is 6.68. The molecule has 0 aromatic carbocycles. The molecule has 0 bridgehead atoms. The van der Waals surface area contributed by atoms with Crippen molar-refractivity contribution in [3.05, 3.63) is 23.9 Å². The van der Waals surface area contributed by atoms with E-state index in [2.05, 4.69) is 11.1 Å². The topological polar surface area (TPSA) is 45.7 Å². The van der Waals surface area contributed by atoms with Crippen LogP contribution in [0.5, 0.6) is 0 Å². The van der Waals surface area contributed by atoms with Crippen LogP contribution in [0, 0.1) is 0 Å². The lowest BCUT2D eigenvalue weighted by Crippen LogP contribution is -2.36. The van der Waals surface area contributed by atoms with E-state index >= 15 is 0 Å². The van der Waals surface area contributed by atoms with E-state index in [9.17, 15) is 4.79 Å². The number of carbonyl (C=O) groups excluding carboxylic acids is 1. The van der Waals surface area contributed by atoms with Crippen molar-refractivity contribution in [3.63, 3.8) is 0 Å². The first-order valence-corrected chi connectivity index (χ1v) is 7.41. The molecule has 1 aromatic rings. The first-order valence-electron chi connectivity index (χ1n) is 7.41. The minimum atomic E-state index is -0.461. The molecule has 5 nitrogen and oxygen atoms in total. The fourth-order valence-corrected chi connectivity index (χ4v) is 2.51. The minimum Gasteiger partial charge on any atom is -0.444 e. The molecule has 0 saturated carbocycles. The van der Waals surface area contributed by atoms with Crippen molar-refractivity contribution in [2.75, 3.05) is 25.5 Å². The van der Waals surface area contributed by atoms with Crippen molar-refractivity contribution in [1.82, 2.24) is 9.88 Å². The summed E-state index contributed by atoms with van der Waals surface area (Å²) in [5.41, 5.74) is 0.612. The predicted molar refractivity (Wildman–Crippen MR) is 83.5 cm³/mol. The van der Waals surface area contributed by atoms with Crippen LogP contribution in [0.3, 0.4) is 0 Å². The summed E-state index contributed by atoms with van der Waals surface area (Å²) in [5.74, 6) is 0.917. The lowest BCUT2D eigenvalue weighted by Gasteiger charge is -2.28. The third-order valence-corrected chi connectivity index (χ3v) is 3.49. The maximum absolute atomic E-state index is 12.3. The molecule has 1 amide bonds.